The lowest BCUT2D eigenvalue weighted by molar-refractivity contribution is -0.123. The molecule has 1 amide bonds. The predicted molar refractivity (Wildman–Crippen MR) is 92.3 cm³/mol. The summed E-state index contributed by atoms with van der Waals surface area (Å²) in [5.74, 6) is 0.437. The number of hydrogen-bond acceptors (Lipinski definition) is 3. The van der Waals surface area contributed by atoms with Gasteiger partial charge in [-0.05, 0) is 43.3 Å². The van der Waals surface area contributed by atoms with Gasteiger partial charge in [0.1, 0.15) is 0 Å². The lowest BCUT2D eigenvalue weighted by Gasteiger charge is -2.23. The first-order valence-corrected chi connectivity index (χ1v) is 8.79. The number of rotatable bonds is 5. The molecule has 1 saturated heterocycles. The van der Waals surface area contributed by atoms with E-state index in [2.05, 4.69) is 27.9 Å². The minimum absolute atomic E-state index is 0.215. The van der Waals surface area contributed by atoms with Crippen molar-refractivity contribution in [2.75, 3.05) is 13.1 Å². The third-order valence-corrected chi connectivity index (χ3v) is 5.45. The summed E-state index contributed by atoms with van der Waals surface area (Å²) in [4.78, 5) is 12.4. The van der Waals surface area contributed by atoms with Gasteiger partial charge in [0.05, 0.1) is 12.7 Å². The van der Waals surface area contributed by atoms with E-state index in [1.807, 2.05) is 35.3 Å². The lowest BCUT2D eigenvalue weighted by Crippen LogP contribution is -2.33. The summed E-state index contributed by atoms with van der Waals surface area (Å²) in [6.45, 7) is 3.43. The molecule has 0 radical (unpaired) electrons. The molecular weight excluding hydrogens is 300 g/mol. The van der Waals surface area contributed by atoms with E-state index in [1.165, 1.54) is 5.56 Å². The van der Waals surface area contributed by atoms with Gasteiger partial charge in [-0.15, -0.1) is 0 Å². The number of hydrogen-bond donors (Lipinski definition) is 2. The Bertz CT molecular complexity index is 703. The fourth-order valence-electron chi connectivity index (χ4n) is 3.86. The number of benzene rings is 1. The molecule has 2 N–H and O–H groups in total. The molecule has 1 atom stereocenters. The van der Waals surface area contributed by atoms with Crippen LogP contribution in [0.15, 0.2) is 42.7 Å². The molecule has 2 heterocycles. The molecular formula is C19H24N4O. The van der Waals surface area contributed by atoms with Crippen molar-refractivity contribution in [1.82, 2.24) is 20.4 Å². The van der Waals surface area contributed by atoms with Crippen molar-refractivity contribution in [3.05, 3.63) is 53.9 Å². The molecule has 126 valence electrons. The molecule has 0 bridgehead atoms. The molecule has 1 aliphatic carbocycles. The van der Waals surface area contributed by atoms with Gasteiger partial charge in [-0.1, -0.05) is 30.3 Å². The van der Waals surface area contributed by atoms with E-state index in [-0.39, 0.29) is 11.8 Å². The summed E-state index contributed by atoms with van der Waals surface area (Å²) in [6.07, 6.45) is 7.20. The van der Waals surface area contributed by atoms with Crippen molar-refractivity contribution >= 4 is 5.91 Å². The van der Waals surface area contributed by atoms with Crippen LogP contribution in [0.1, 0.15) is 30.4 Å². The summed E-state index contributed by atoms with van der Waals surface area (Å²) in [7, 11) is 0. The Kier molecular flexibility index (Phi) is 4.10. The molecule has 1 aromatic heterocycles. The van der Waals surface area contributed by atoms with Crippen LogP contribution in [0.5, 0.6) is 0 Å². The smallest absolute Gasteiger partial charge is 0.223 e. The monoisotopic (exact) mass is 324 g/mol. The van der Waals surface area contributed by atoms with Crippen molar-refractivity contribution < 1.29 is 4.79 Å². The Morgan fingerprint density at radius 3 is 2.83 bits per heavy atom. The number of aromatic nitrogens is 2. The van der Waals surface area contributed by atoms with E-state index < -0.39 is 0 Å². The van der Waals surface area contributed by atoms with E-state index in [0.29, 0.717) is 12.0 Å². The number of amides is 1. The lowest BCUT2D eigenvalue weighted by atomic mass is 9.92. The number of piperidine rings is 1. The largest absolute Gasteiger partial charge is 0.352 e. The number of nitrogens with one attached hydrogen (secondary N) is 2. The normalized spacial score (nSPS) is 21.6. The van der Waals surface area contributed by atoms with Crippen molar-refractivity contribution in [2.45, 2.75) is 32.4 Å². The van der Waals surface area contributed by atoms with Gasteiger partial charge in [0.15, 0.2) is 0 Å². The maximum absolute atomic E-state index is 12.4. The zero-order valence-electron chi connectivity index (χ0n) is 13.9. The molecule has 1 unspecified atom stereocenters. The van der Waals surface area contributed by atoms with Gasteiger partial charge in [0, 0.05) is 24.2 Å². The highest BCUT2D eigenvalue weighted by Gasteiger charge is 2.57. The Hall–Kier alpha value is -2.14. The van der Waals surface area contributed by atoms with Crippen molar-refractivity contribution in [3.63, 3.8) is 0 Å². The topological polar surface area (TPSA) is 59.0 Å². The highest BCUT2D eigenvalue weighted by molar-refractivity contribution is 5.82. The van der Waals surface area contributed by atoms with Crippen LogP contribution in [0.25, 0.3) is 0 Å². The molecule has 5 heteroatoms. The summed E-state index contributed by atoms with van der Waals surface area (Å²) in [5, 5.41) is 10.9. The van der Waals surface area contributed by atoms with Gasteiger partial charge in [0.2, 0.25) is 5.91 Å². The summed E-state index contributed by atoms with van der Waals surface area (Å²) >= 11 is 0. The Balaban J connectivity index is 1.28. The first-order chi connectivity index (χ1) is 11.8. The Labute approximate surface area is 142 Å². The molecule has 5 nitrogen and oxygen atoms in total. The van der Waals surface area contributed by atoms with Gasteiger partial charge in [0.25, 0.3) is 0 Å². The van der Waals surface area contributed by atoms with Crippen molar-refractivity contribution in [2.24, 2.45) is 11.3 Å². The first-order valence-electron chi connectivity index (χ1n) is 8.79. The zero-order valence-corrected chi connectivity index (χ0v) is 13.9. The van der Waals surface area contributed by atoms with Gasteiger partial charge in [-0.25, -0.2) is 0 Å². The van der Waals surface area contributed by atoms with Crippen LogP contribution >= 0.6 is 0 Å². The maximum Gasteiger partial charge on any atom is 0.223 e. The van der Waals surface area contributed by atoms with E-state index in [0.717, 1.165) is 44.5 Å². The van der Waals surface area contributed by atoms with Crippen LogP contribution < -0.4 is 10.6 Å². The van der Waals surface area contributed by atoms with Gasteiger partial charge in [-0.3, -0.25) is 9.48 Å². The molecule has 2 fully saturated rings. The molecule has 4 rings (SSSR count). The van der Waals surface area contributed by atoms with Crippen LogP contribution in [0.4, 0.5) is 0 Å². The molecule has 1 spiro atoms. The average Bonchev–Trinajstić information content (AvgIpc) is 3.11. The Morgan fingerprint density at radius 1 is 1.25 bits per heavy atom. The predicted octanol–water partition coefficient (Wildman–Crippen LogP) is 1.94. The number of carbonyl (C=O) groups excluding carboxylic acids is 1. The summed E-state index contributed by atoms with van der Waals surface area (Å²) in [5.41, 5.74) is 2.58. The molecule has 1 aliphatic heterocycles. The van der Waals surface area contributed by atoms with Crippen LogP contribution in [-0.2, 0) is 17.9 Å². The van der Waals surface area contributed by atoms with Crippen molar-refractivity contribution in [3.8, 4) is 0 Å². The van der Waals surface area contributed by atoms with Crippen LogP contribution in [0.3, 0.4) is 0 Å². The molecule has 1 saturated carbocycles. The third-order valence-electron chi connectivity index (χ3n) is 5.45. The second-order valence-electron chi connectivity index (χ2n) is 7.12. The van der Waals surface area contributed by atoms with Crippen molar-refractivity contribution in [1.29, 1.82) is 0 Å². The second-order valence-corrected chi connectivity index (χ2v) is 7.12. The molecule has 2 aliphatic rings. The SMILES string of the molecule is O=C(NCc1cnn(Cc2ccccc2)c1)C1CC12CCNCC2. The Morgan fingerprint density at radius 2 is 2.04 bits per heavy atom. The molecule has 24 heavy (non-hydrogen) atoms. The van der Waals surface area contributed by atoms with Crippen LogP contribution in [0.2, 0.25) is 0 Å². The van der Waals surface area contributed by atoms with Crippen LogP contribution in [-0.4, -0.2) is 28.8 Å². The fraction of sp³-hybridized carbons (Fsp3) is 0.474. The minimum atomic E-state index is 0.215. The maximum atomic E-state index is 12.4. The van der Waals surface area contributed by atoms with Gasteiger partial charge < -0.3 is 10.6 Å². The standard InChI is InChI=1S/C19H24N4O/c24-18(17-10-19(17)6-8-20-9-7-19)21-11-16-12-22-23(14-16)13-15-4-2-1-3-5-15/h1-5,12,14,17,20H,6-11,13H2,(H,21,24). The van der Waals surface area contributed by atoms with Gasteiger partial charge in [-0.2, -0.15) is 5.10 Å². The first kappa shape index (κ1) is 15.4. The summed E-state index contributed by atoms with van der Waals surface area (Å²) < 4.78 is 1.92. The fourth-order valence-corrected chi connectivity index (χ4v) is 3.86. The third kappa shape index (κ3) is 3.22. The highest BCUT2D eigenvalue weighted by Crippen LogP contribution is 2.58. The molecule has 2 aromatic rings. The quantitative estimate of drug-likeness (QED) is 0.884. The highest BCUT2D eigenvalue weighted by atomic mass is 16.2. The van der Waals surface area contributed by atoms with E-state index in [9.17, 15) is 4.79 Å². The average molecular weight is 324 g/mol. The van der Waals surface area contributed by atoms with E-state index >= 15 is 0 Å². The van der Waals surface area contributed by atoms with E-state index in [1.54, 1.807) is 0 Å². The minimum Gasteiger partial charge on any atom is -0.352 e. The second kappa shape index (κ2) is 6.40. The van der Waals surface area contributed by atoms with Crippen LogP contribution in [0, 0.1) is 11.3 Å². The zero-order chi connectivity index (χ0) is 16.4. The van der Waals surface area contributed by atoms with E-state index in [4.69, 9.17) is 0 Å². The number of nitrogens with zero attached hydrogens (tertiary/aromatic N) is 2. The number of carbonyl (C=O) groups is 1. The summed E-state index contributed by atoms with van der Waals surface area (Å²) in [6, 6.07) is 10.3. The molecule has 1 aromatic carbocycles. The van der Waals surface area contributed by atoms with Gasteiger partial charge >= 0.3 is 0 Å².